The molecule has 4 nitrogen and oxygen atoms in total. The van der Waals surface area contributed by atoms with Crippen LogP contribution in [0.4, 0.5) is 0 Å². The van der Waals surface area contributed by atoms with E-state index in [0.717, 1.165) is 24.9 Å². The van der Waals surface area contributed by atoms with Crippen molar-refractivity contribution in [3.63, 3.8) is 0 Å². The average Bonchev–Trinajstić information content (AvgIpc) is 3.21. The molecule has 0 radical (unpaired) electrons. The van der Waals surface area contributed by atoms with E-state index in [-0.39, 0.29) is 18.6 Å². The molecule has 0 spiro atoms. The van der Waals surface area contributed by atoms with Gasteiger partial charge in [-0.1, -0.05) is 29.8 Å². The molecule has 1 unspecified atom stereocenters. The summed E-state index contributed by atoms with van der Waals surface area (Å²) in [5.41, 5.74) is 0.990. The Hall–Kier alpha value is -0.650. The number of aliphatic hydroxyl groups is 2. The van der Waals surface area contributed by atoms with E-state index in [4.69, 9.17) is 16.3 Å². The molecule has 1 aromatic rings. The highest BCUT2D eigenvalue weighted by molar-refractivity contribution is 6.31. The van der Waals surface area contributed by atoms with E-state index >= 15 is 0 Å². The Kier molecular flexibility index (Phi) is 5.81. The summed E-state index contributed by atoms with van der Waals surface area (Å²) in [7, 11) is 0. The lowest BCUT2D eigenvalue weighted by Gasteiger charge is -2.16. The Morgan fingerprint density at radius 2 is 2.10 bits per heavy atom. The molecule has 3 N–H and O–H groups in total. The lowest BCUT2D eigenvalue weighted by atomic mass is 10.1. The van der Waals surface area contributed by atoms with Crippen LogP contribution < -0.4 is 5.32 Å². The summed E-state index contributed by atoms with van der Waals surface area (Å²) in [6, 6.07) is 7.51. The lowest BCUT2D eigenvalue weighted by molar-refractivity contribution is 0.0280. The normalized spacial score (nSPS) is 17.9. The molecule has 0 aliphatic heterocycles. The van der Waals surface area contributed by atoms with Crippen molar-refractivity contribution in [3.8, 4) is 0 Å². The average molecular weight is 300 g/mol. The van der Waals surface area contributed by atoms with Gasteiger partial charge in [-0.15, -0.1) is 0 Å². The third-order valence-electron chi connectivity index (χ3n) is 3.70. The van der Waals surface area contributed by atoms with Gasteiger partial charge in [0, 0.05) is 30.1 Å². The first-order chi connectivity index (χ1) is 9.65. The van der Waals surface area contributed by atoms with Crippen LogP contribution in [-0.2, 0) is 11.3 Å². The zero-order valence-corrected chi connectivity index (χ0v) is 12.3. The molecule has 1 aromatic carbocycles. The van der Waals surface area contributed by atoms with Crippen molar-refractivity contribution >= 4 is 11.6 Å². The fourth-order valence-electron chi connectivity index (χ4n) is 2.05. The Morgan fingerprint density at radius 1 is 1.35 bits per heavy atom. The van der Waals surface area contributed by atoms with E-state index in [1.807, 2.05) is 24.3 Å². The van der Waals surface area contributed by atoms with Crippen LogP contribution >= 0.6 is 11.6 Å². The number of benzene rings is 1. The smallest absolute Gasteiger partial charge is 0.0897 e. The molecule has 0 heterocycles. The van der Waals surface area contributed by atoms with Crippen molar-refractivity contribution in [1.82, 2.24) is 5.32 Å². The Bertz CT molecular complexity index is 423. The van der Waals surface area contributed by atoms with Crippen molar-refractivity contribution in [2.45, 2.75) is 25.6 Å². The number of halogens is 1. The molecule has 1 saturated carbocycles. The SMILES string of the molecule is OCC1(CNCC(O)COCc2ccccc2Cl)CC1. The molecule has 112 valence electrons. The molecule has 2 rings (SSSR count). The van der Waals surface area contributed by atoms with Gasteiger partial charge in [0.1, 0.15) is 0 Å². The van der Waals surface area contributed by atoms with Gasteiger partial charge in [-0.05, 0) is 24.5 Å². The van der Waals surface area contributed by atoms with Crippen LogP contribution in [-0.4, -0.2) is 42.6 Å². The summed E-state index contributed by atoms with van der Waals surface area (Å²) in [6.07, 6.45) is 1.58. The molecule has 0 bridgehead atoms. The minimum atomic E-state index is -0.549. The van der Waals surface area contributed by atoms with Crippen LogP contribution in [0.2, 0.25) is 5.02 Å². The number of hydrogen-bond acceptors (Lipinski definition) is 4. The van der Waals surface area contributed by atoms with E-state index in [1.165, 1.54) is 0 Å². The molecule has 0 amide bonds. The Morgan fingerprint density at radius 3 is 2.75 bits per heavy atom. The van der Waals surface area contributed by atoms with Gasteiger partial charge in [0.2, 0.25) is 0 Å². The summed E-state index contributed by atoms with van der Waals surface area (Å²) in [4.78, 5) is 0. The number of ether oxygens (including phenoxy) is 1. The first-order valence-electron chi connectivity index (χ1n) is 6.96. The summed E-state index contributed by atoms with van der Waals surface area (Å²) in [5, 5.41) is 22.8. The van der Waals surface area contributed by atoms with E-state index in [2.05, 4.69) is 5.32 Å². The van der Waals surface area contributed by atoms with Crippen molar-refractivity contribution < 1.29 is 14.9 Å². The summed E-state index contributed by atoms with van der Waals surface area (Å²) in [6.45, 7) is 2.12. The molecule has 1 fully saturated rings. The van der Waals surface area contributed by atoms with Crippen LogP contribution in [0, 0.1) is 5.41 Å². The maximum absolute atomic E-state index is 9.80. The van der Waals surface area contributed by atoms with Crippen LogP contribution in [0.25, 0.3) is 0 Å². The minimum Gasteiger partial charge on any atom is -0.396 e. The largest absolute Gasteiger partial charge is 0.396 e. The van der Waals surface area contributed by atoms with E-state index in [9.17, 15) is 10.2 Å². The second-order valence-corrected chi connectivity index (χ2v) is 5.96. The second kappa shape index (κ2) is 7.38. The lowest BCUT2D eigenvalue weighted by Crippen LogP contribution is -2.35. The molecule has 1 aliphatic rings. The summed E-state index contributed by atoms with van der Waals surface area (Å²) < 4.78 is 5.46. The first kappa shape index (κ1) is 15.7. The highest BCUT2D eigenvalue weighted by Crippen LogP contribution is 2.44. The van der Waals surface area contributed by atoms with Gasteiger partial charge in [-0.3, -0.25) is 0 Å². The van der Waals surface area contributed by atoms with Gasteiger partial charge in [0.05, 0.1) is 19.3 Å². The predicted molar refractivity (Wildman–Crippen MR) is 78.7 cm³/mol. The third-order valence-corrected chi connectivity index (χ3v) is 4.07. The van der Waals surface area contributed by atoms with Crippen molar-refractivity contribution in [3.05, 3.63) is 34.9 Å². The number of nitrogens with one attached hydrogen (secondary N) is 1. The van der Waals surface area contributed by atoms with Gasteiger partial charge >= 0.3 is 0 Å². The van der Waals surface area contributed by atoms with Crippen molar-refractivity contribution in [2.24, 2.45) is 5.41 Å². The van der Waals surface area contributed by atoms with Crippen molar-refractivity contribution in [2.75, 3.05) is 26.3 Å². The fraction of sp³-hybridized carbons (Fsp3) is 0.600. The zero-order valence-electron chi connectivity index (χ0n) is 11.5. The molecular weight excluding hydrogens is 278 g/mol. The first-order valence-corrected chi connectivity index (χ1v) is 7.34. The second-order valence-electron chi connectivity index (χ2n) is 5.55. The van der Waals surface area contributed by atoms with E-state index in [1.54, 1.807) is 0 Å². The molecule has 0 saturated heterocycles. The highest BCUT2D eigenvalue weighted by Gasteiger charge is 2.41. The maximum Gasteiger partial charge on any atom is 0.0897 e. The monoisotopic (exact) mass is 299 g/mol. The van der Waals surface area contributed by atoms with Crippen LogP contribution in [0.3, 0.4) is 0 Å². The van der Waals surface area contributed by atoms with E-state index in [0.29, 0.717) is 18.2 Å². The van der Waals surface area contributed by atoms with Crippen LogP contribution in [0.1, 0.15) is 18.4 Å². The predicted octanol–water partition coefficient (Wildman–Crippen LogP) is 1.58. The van der Waals surface area contributed by atoms with Gasteiger partial charge in [-0.2, -0.15) is 0 Å². The van der Waals surface area contributed by atoms with Crippen molar-refractivity contribution in [1.29, 1.82) is 0 Å². The number of rotatable bonds is 9. The Balaban J connectivity index is 1.58. The number of aliphatic hydroxyl groups excluding tert-OH is 2. The van der Waals surface area contributed by atoms with Gasteiger partial charge < -0.3 is 20.3 Å². The molecule has 1 aliphatic carbocycles. The number of hydrogen-bond donors (Lipinski definition) is 3. The molecular formula is C15H22ClNO3. The van der Waals surface area contributed by atoms with Gasteiger partial charge in [0.15, 0.2) is 0 Å². The molecule has 0 aromatic heterocycles. The molecule has 20 heavy (non-hydrogen) atoms. The minimum absolute atomic E-state index is 0.0676. The topological polar surface area (TPSA) is 61.7 Å². The maximum atomic E-state index is 9.80. The fourth-order valence-corrected chi connectivity index (χ4v) is 2.24. The van der Waals surface area contributed by atoms with Crippen LogP contribution in [0.5, 0.6) is 0 Å². The van der Waals surface area contributed by atoms with Crippen LogP contribution in [0.15, 0.2) is 24.3 Å². The quantitative estimate of drug-likeness (QED) is 0.648. The van der Waals surface area contributed by atoms with Gasteiger partial charge in [-0.25, -0.2) is 0 Å². The van der Waals surface area contributed by atoms with Gasteiger partial charge in [0.25, 0.3) is 0 Å². The summed E-state index contributed by atoms with van der Waals surface area (Å²) >= 11 is 6.02. The third kappa shape index (κ3) is 4.72. The van der Waals surface area contributed by atoms with E-state index < -0.39 is 6.10 Å². The summed E-state index contributed by atoms with van der Waals surface area (Å²) in [5.74, 6) is 0. The Labute approximate surface area is 124 Å². The molecule has 5 heteroatoms. The highest BCUT2D eigenvalue weighted by atomic mass is 35.5. The molecule has 1 atom stereocenters. The zero-order chi connectivity index (χ0) is 14.4. The standard InChI is InChI=1S/C15H22ClNO3/c16-14-4-2-1-3-12(14)8-20-9-13(19)7-17-10-15(11-18)5-6-15/h1-4,13,17-19H,5-11H2.